The second kappa shape index (κ2) is 6.07. The van der Waals surface area contributed by atoms with E-state index in [1.54, 1.807) is 30.3 Å². The molecule has 0 saturated carbocycles. The van der Waals surface area contributed by atoms with Crippen LogP contribution in [-0.4, -0.2) is 15.0 Å². The Morgan fingerprint density at radius 3 is 2.74 bits per heavy atom. The number of nitrogens with two attached hydrogens (primary N) is 1. The number of nitro benzene ring substituents is 1. The Morgan fingerprint density at radius 2 is 2.00 bits per heavy atom. The number of nitrogens with zero attached hydrogens (tertiary/aromatic N) is 3. The third-order valence-corrected chi connectivity index (χ3v) is 3.72. The SMILES string of the molecule is NSc1ccc2[nH]c(O)c(N=Nc3ccccc3[N+](=O)[O-])c2c1. The lowest BCUT2D eigenvalue weighted by Gasteiger charge is -1.97. The second-order valence-electron chi connectivity index (χ2n) is 4.59. The van der Waals surface area contributed by atoms with Crippen molar-refractivity contribution < 1.29 is 10.0 Å². The number of nitrogens with one attached hydrogen (secondary N) is 1. The maximum absolute atomic E-state index is 11.0. The Kier molecular flexibility index (Phi) is 3.96. The number of rotatable bonds is 4. The van der Waals surface area contributed by atoms with Crippen molar-refractivity contribution in [3.8, 4) is 5.88 Å². The normalized spacial score (nSPS) is 11.3. The molecule has 0 saturated heterocycles. The van der Waals surface area contributed by atoms with Gasteiger partial charge in [-0.15, -0.1) is 10.2 Å². The molecule has 0 amide bonds. The first-order chi connectivity index (χ1) is 11.1. The molecule has 9 heteroatoms. The van der Waals surface area contributed by atoms with Crippen molar-refractivity contribution in [2.45, 2.75) is 4.90 Å². The molecule has 0 aliphatic carbocycles. The molecule has 8 nitrogen and oxygen atoms in total. The monoisotopic (exact) mass is 329 g/mol. The summed E-state index contributed by atoms with van der Waals surface area (Å²) in [5, 5.41) is 35.0. The van der Waals surface area contributed by atoms with Crippen molar-refractivity contribution in [2.24, 2.45) is 15.4 Å². The maximum atomic E-state index is 11.0. The first-order valence-corrected chi connectivity index (χ1v) is 7.34. The predicted octanol–water partition coefficient (Wildman–Crippen LogP) is 4.16. The van der Waals surface area contributed by atoms with Crippen molar-refractivity contribution in [1.82, 2.24) is 4.98 Å². The highest BCUT2D eigenvalue weighted by atomic mass is 32.2. The zero-order valence-corrected chi connectivity index (χ0v) is 12.4. The van der Waals surface area contributed by atoms with Crippen molar-refractivity contribution in [3.05, 3.63) is 52.6 Å². The molecule has 3 aromatic rings. The highest BCUT2D eigenvalue weighted by Gasteiger charge is 2.14. The van der Waals surface area contributed by atoms with Crippen LogP contribution in [0, 0.1) is 10.1 Å². The smallest absolute Gasteiger partial charge is 0.296 e. The molecule has 0 unspecified atom stereocenters. The molecule has 0 aliphatic heterocycles. The average Bonchev–Trinajstić information content (AvgIpc) is 2.87. The first-order valence-electron chi connectivity index (χ1n) is 6.46. The molecule has 1 heterocycles. The molecule has 0 fully saturated rings. The molecular weight excluding hydrogens is 318 g/mol. The van der Waals surface area contributed by atoms with Gasteiger partial charge in [-0.2, -0.15) is 0 Å². The van der Waals surface area contributed by atoms with Crippen LogP contribution < -0.4 is 5.14 Å². The van der Waals surface area contributed by atoms with Crippen LogP contribution in [0.2, 0.25) is 0 Å². The van der Waals surface area contributed by atoms with Crippen LogP contribution in [0.1, 0.15) is 0 Å². The average molecular weight is 329 g/mol. The van der Waals surface area contributed by atoms with E-state index in [1.807, 2.05) is 0 Å². The number of azo groups is 1. The number of nitro groups is 1. The Bertz CT molecular complexity index is 922. The number of aromatic hydroxyl groups is 1. The van der Waals surface area contributed by atoms with E-state index in [9.17, 15) is 15.2 Å². The van der Waals surface area contributed by atoms with Gasteiger partial charge in [0, 0.05) is 16.3 Å². The summed E-state index contributed by atoms with van der Waals surface area (Å²) >= 11 is 1.07. The van der Waals surface area contributed by atoms with E-state index in [0.29, 0.717) is 10.9 Å². The van der Waals surface area contributed by atoms with Crippen molar-refractivity contribution in [3.63, 3.8) is 0 Å². The van der Waals surface area contributed by atoms with Gasteiger partial charge in [0.15, 0.2) is 11.4 Å². The molecule has 0 aliphatic rings. The van der Waals surface area contributed by atoms with E-state index in [2.05, 4.69) is 15.2 Å². The second-order valence-corrected chi connectivity index (χ2v) is 5.30. The minimum atomic E-state index is -0.535. The number of para-hydroxylation sites is 1. The van der Waals surface area contributed by atoms with Gasteiger partial charge in [-0.05, 0) is 36.2 Å². The fourth-order valence-electron chi connectivity index (χ4n) is 2.12. The molecule has 0 atom stereocenters. The summed E-state index contributed by atoms with van der Waals surface area (Å²) < 4.78 is 0. The summed E-state index contributed by atoms with van der Waals surface area (Å²) in [5.41, 5.74) is 0.815. The van der Waals surface area contributed by atoms with Crippen LogP contribution in [-0.2, 0) is 0 Å². The lowest BCUT2D eigenvalue weighted by atomic mass is 10.2. The third kappa shape index (κ3) is 2.87. The number of hydrogen-bond donors (Lipinski definition) is 3. The summed E-state index contributed by atoms with van der Waals surface area (Å²) in [7, 11) is 0. The molecule has 0 bridgehead atoms. The molecule has 116 valence electrons. The van der Waals surface area contributed by atoms with Gasteiger partial charge in [0.2, 0.25) is 5.88 Å². The van der Waals surface area contributed by atoms with Crippen molar-refractivity contribution in [2.75, 3.05) is 0 Å². The van der Waals surface area contributed by atoms with Gasteiger partial charge in [-0.1, -0.05) is 12.1 Å². The van der Waals surface area contributed by atoms with Gasteiger partial charge in [0.05, 0.1) is 10.4 Å². The highest BCUT2D eigenvalue weighted by molar-refractivity contribution is 7.97. The van der Waals surface area contributed by atoms with Crippen LogP contribution in [0.3, 0.4) is 0 Å². The highest BCUT2D eigenvalue weighted by Crippen LogP contribution is 2.38. The topological polar surface area (TPSA) is 130 Å². The summed E-state index contributed by atoms with van der Waals surface area (Å²) in [6.45, 7) is 0. The molecule has 1 aromatic heterocycles. The van der Waals surface area contributed by atoms with E-state index in [-0.39, 0.29) is 22.9 Å². The molecule has 2 aromatic carbocycles. The molecule has 3 rings (SSSR count). The van der Waals surface area contributed by atoms with Crippen LogP contribution in [0.25, 0.3) is 10.9 Å². The zero-order valence-electron chi connectivity index (χ0n) is 11.6. The fraction of sp³-hybridized carbons (Fsp3) is 0. The van der Waals surface area contributed by atoms with E-state index in [1.165, 1.54) is 12.1 Å². The Balaban J connectivity index is 2.08. The van der Waals surface area contributed by atoms with Crippen LogP contribution in [0.4, 0.5) is 17.1 Å². The molecule has 23 heavy (non-hydrogen) atoms. The number of fused-ring (bicyclic) bond motifs is 1. The standard InChI is InChI=1S/C14H11N5O3S/c15-23-8-5-6-10-9(7-8)13(14(20)16-10)18-17-11-3-1-2-4-12(11)19(21)22/h1-7,16,20H,15H2. The van der Waals surface area contributed by atoms with E-state index < -0.39 is 4.92 Å². The Hall–Kier alpha value is -2.91. The van der Waals surface area contributed by atoms with Crippen molar-refractivity contribution >= 4 is 39.9 Å². The number of hydrogen-bond acceptors (Lipinski definition) is 7. The number of benzene rings is 2. The van der Waals surface area contributed by atoms with Gasteiger partial charge in [0.1, 0.15) is 0 Å². The van der Waals surface area contributed by atoms with Gasteiger partial charge in [-0.3, -0.25) is 15.3 Å². The molecule has 4 N–H and O–H groups in total. The lowest BCUT2D eigenvalue weighted by Crippen LogP contribution is -1.86. The van der Waals surface area contributed by atoms with E-state index in [0.717, 1.165) is 16.8 Å². The predicted molar refractivity (Wildman–Crippen MR) is 87.3 cm³/mol. The molecule has 0 radical (unpaired) electrons. The summed E-state index contributed by atoms with van der Waals surface area (Å²) in [5.74, 6) is -0.165. The third-order valence-electron chi connectivity index (χ3n) is 3.20. The summed E-state index contributed by atoms with van der Waals surface area (Å²) in [6.07, 6.45) is 0. The minimum Gasteiger partial charge on any atom is -0.493 e. The van der Waals surface area contributed by atoms with Gasteiger partial charge < -0.3 is 10.1 Å². The van der Waals surface area contributed by atoms with Gasteiger partial charge in [-0.25, -0.2) is 0 Å². The molecular formula is C14H11N5O3S. The Labute approximate surface area is 134 Å². The quantitative estimate of drug-likeness (QED) is 0.286. The maximum Gasteiger partial charge on any atom is 0.296 e. The summed E-state index contributed by atoms with van der Waals surface area (Å²) in [4.78, 5) is 14.0. The lowest BCUT2D eigenvalue weighted by molar-refractivity contribution is -0.384. The minimum absolute atomic E-state index is 0.107. The van der Waals surface area contributed by atoms with E-state index >= 15 is 0 Å². The number of H-pyrrole nitrogens is 1. The van der Waals surface area contributed by atoms with Gasteiger partial charge in [0.25, 0.3) is 5.69 Å². The summed E-state index contributed by atoms with van der Waals surface area (Å²) in [6, 6.07) is 11.3. The largest absolute Gasteiger partial charge is 0.493 e. The van der Waals surface area contributed by atoms with E-state index in [4.69, 9.17) is 5.14 Å². The number of aromatic amines is 1. The Morgan fingerprint density at radius 1 is 1.22 bits per heavy atom. The van der Waals surface area contributed by atoms with Crippen LogP contribution in [0.15, 0.2) is 57.6 Å². The number of aromatic nitrogens is 1. The van der Waals surface area contributed by atoms with Gasteiger partial charge >= 0.3 is 0 Å². The zero-order chi connectivity index (χ0) is 16.4. The van der Waals surface area contributed by atoms with Crippen LogP contribution in [0.5, 0.6) is 5.88 Å². The molecule has 0 spiro atoms. The van der Waals surface area contributed by atoms with Crippen molar-refractivity contribution in [1.29, 1.82) is 0 Å². The fourth-order valence-corrected chi connectivity index (χ4v) is 2.46. The van der Waals surface area contributed by atoms with Crippen LogP contribution >= 0.6 is 11.9 Å². The first kappa shape index (κ1) is 15.0.